The molecule has 2 aliphatic carbocycles. The smallest absolute Gasteiger partial charge is 0.410 e. The molecule has 0 radical (unpaired) electrons. The third kappa shape index (κ3) is 5.31. The monoisotopic (exact) mass is 655 g/mol. The zero-order chi connectivity index (χ0) is 34.1. The second-order valence-electron chi connectivity index (χ2n) is 14.3. The molecule has 1 aromatic rings. The van der Waals surface area contributed by atoms with Crippen LogP contribution >= 0.6 is 0 Å². The van der Waals surface area contributed by atoms with E-state index in [1.807, 2.05) is 19.2 Å². The Balaban J connectivity index is 1.12. The molecule has 13 heteroatoms. The molecule has 3 aliphatic heterocycles. The molecule has 13 nitrogen and oxygen atoms in total. The lowest BCUT2D eigenvalue weighted by Gasteiger charge is -2.61. The van der Waals surface area contributed by atoms with Crippen LogP contribution in [0.2, 0.25) is 0 Å². The van der Waals surface area contributed by atoms with E-state index < -0.39 is 64.8 Å². The van der Waals surface area contributed by atoms with E-state index in [-0.39, 0.29) is 18.2 Å². The van der Waals surface area contributed by atoms with Crippen LogP contribution in [0.4, 0.5) is 4.79 Å². The average Bonchev–Trinajstić information content (AvgIpc) is 3.63. The summed E-state index contributed by atoms with van der Waals surface area (Å²) in [5.74, 6) is -0.811. The third-order valence-electron chi connectivity index (χ3n) is 10.3. The van der Waals surface area contributed by atoms with Crippen molar-refractivity contribution in [1.82, 2.24) is 15.1 Å². The topological polar surface area (TPSA) is 153 Å². The number of methoxy groups -OCH3 is 1. The zero-order valence-electron chi connectivity index (χ0n) is 28.1. The second kappa shape index (κ2) is 11.7. The van der Waals surface area contributed by atoms with Crippen LogP contribution in [0.3, 0.4) is 0 Å². The largest absolute Gasteiger partial charge is 0.493 e. The van der Waals surface area contributed by atoms with Gasteiger partial charge in [-0.05, 0) is 91.6 Å². The van der Waals surface area contributed by atoms with Gasteiger partial charge in [-0.3, -0.25) is 9.69 Å². The maximum Gasteiger partial charge on any atom is 0.410 e. The highest BCUT2D eigenvalue weighted by Crippen LogP contribution is 2.65. The highest BCUT2D eigenvalue weighted by Gasteiger charge is 2.72. The molecule has 3 heterocycles. The summed E-state index contributed by atoms with van der Waals surface area (Å²) < 4.78 is 28.9. The molecule has 1 spiro atoms. The molecule has 47 heavy (non-hydrogen) atoms. The van der Waals surface area contributed by atoms with Gasteiger partial charge in [0, 0.05) is 24.6 Å². The first-order valence-corrected chi connectivity index (χ1v) is 16.3. The first kappa shape index (κ1) is 33.1. The quantitative estimate of drug-likeness (QED) is 0.329. The minimum Gasteiger partial charge on any atom is -0.493 e. The summed E-state index contributed by atoms with van der Waals surface area (Å²) in [6, 6.07) is 1.84. The van der Waals surface area contributed by atoms with Crippen LogP contribution in [-0.2, 0) is 40.4 Å². The van der Waals surface area contributed by atoms with Gasteiger partial charge in [0.15, 0.2) is 23.7 Å². The number of likely N-dealkylation sites (N-methyl/N-ethyl adjacent to an activating group) is 1. The van der Waals surface area contributed by atoms with Crippen LogP contribution in [0.15, 0.2) is 24.0 Å². The van der Waals surface area contributed by atoms with Crippen LogP contribution in [0, 0.1) is 0 Å². The highest BCUT2D eigenvalue weighted by atomic mass is 16.6. The van der Waals surface area contributed by atoms with Gasteiger partial charge >= 0.3 is 18.0 Å². The maximum atomic E-state index is 13.3. The van der Waals surface area contributed by atoms with Crippen molar-refractivity contribution < 1.29 is 48.0 Å². The fourth-order valence-corrected chi connectivity index (χ4v) is 8.06. The Morgan fingerprint density at radius 1 is 1.13 bits per heavy atom. The number of ether oxygens (including phenoxy) is 5. The Hall–Kier alpha value is -3.84. The number of carbonyl (C=O) groups is 4. The Bertz CT molecular complexity index is 1520. The van der Waals surface area contributed by atoms with Gasteiger partial charge in [-0.2, -0.15) is 0 Å². The molecule has 2 N–H and O–H groups in total. The Morgan fingerprint density at radius 3 is 2.57 bits per heavy atom. The SMILES string of the molecule is COc1ccc2c3c1O[C@H]1C(OC(=O)[C@H](C)OC(=O)[C@H](C)NC(=O)[C@@H]4CCCN4C(=O)OC(C)(C)C)=CC[C@@]4(O)[C@@H](C2)N(C)CCC314. The first-order chi connectivity index (χ1) is 22.1. The van der Waals surface area contributed by atoms with Gasteiger partial charge in [0.25, 0.3) is 0 Å². The van der Waals surface area contributed by atoms with Crippen molar-refractivity contribution in [3.05, 3.63) is 35.1 Å². The number of hydrogen-bond acceptors (Lipinski definition) is 11. The number of carbonyl (C=O) groups excluding carboxylic acids is 4. The fraction of sp³-hybridized carbons (Fsp3) is 0.647. The van der Waals surface area contributed by atoms with Crippen molar-refractivity contribution in [2.24, 2.45) is 0 Å². The van der Waals surface area contributed by atoms with Gasteiger partial charge < -0.3 is 39.0 Å². The van der Waals surface area contributed by atoms with E-state index in [1.54, 1.807) is 34.0 Å². The maximum absolute atomic E-state index is 13.3. The van der Waals surface area contributed by atoms with Gasteiger partial charge in [0.2, 0.25) is 5.91 Å². The summed E-state index contributed by atoms with van der Waals surface area (Å²) >= 11 is 0. The lowest BCUT2D eigenvalue weighted by Crippen LogP contribution is -2.74. The molecule has 7 atom stereocenters. The standard InChI is InChI=1S/C34H45N3O10/c1-18(35-28(38)21-9-8-15-37(21)31(41)47-32(3,4)5)29(39)44-19(2)30(40)45-23-12-13-34(42)24-17-20-10-11-22(43-7)26-25(20)33(34,27(23)46-26)14-16-36(24)6/h10-12,18-19,21,24,27,42H,8-9,13-17H2,1-7H3,(H,35,38)/t18-,19-,21-,24+,27-,33?,34+/m0/s1. The molecule has 2 bridgehead atoms. The molecule has 0 aromatic heterocycles. The van der Waals surface area contributed by atoms with E-state index in [0.717, 1.165) is 17.7 Å². The number of rotatable bonds is 7. The van der Waals surface area contributed by atoms with Crippen molar-refractivity contribution in [2.45, 2.75) is 114 Å². The lowest BCUT2D eigenvalue weighted by atomic mass is 9.50. The summed E-state index contributed by atoms with van der Waals surface area (Å²) in [4.78, 5) is 55.5. The highest BCUT2D eigenvalue weighted by molar-refractivity contribution is 5.90. The third-order valence-corrected chi connectivity index (χ3v) is 10.3. The molecule has 0 saturated carbocycles. The van der Waals surface area contributed by atoms with Crippen molar-refractivity contribution in [2.75, 3.05) is 27.2 Å². The molecule has 1 unspecified atom stereocenters. The molecule has 256 valence electrons. The molecule has 2 saturated heterocycles. The Morgan fingerprint density at radius 2 is 1.87 bits per heavy atom. The summed E-state index contributed by atoms with van der Waals surface area (Å²) in [7, 11) is 3.58. The van der Waals surface area contributed by atoms with Crippen molar-refractivity contribution in [1.29, 1.82) is 0 Å². The summed E-state index contributed by atoms with van der Waals surface area (Å²) in [5, 5.41) is 15.0. The molecule has 6 rings (SSSR count). The first-order valence-electron chi connectivity index (χ1n) is 16.3. The van der Waals surface area contributed by atoms with Crippen LogP contribution in [0.1, 0.15) is 71.4 Å². The van der Waals surface area contributed by atoms with Crippen molar-refractivity contribution >= 4 is 23.9 Å². The predicted molar refractivity (Wildman–Crippen MR) is 167 cm³/mol. The fourth-order valence-electron chi connectivity index (χ4n) is 8.06. The van der Waals surface area contributed by atoms with Crippen LogP contribution in [0.25, 0.3) is 0 Å². The summed E-state index contributed by atoms with van der Waals surface area (Å²) in [6.45, 7) is 9.17. The predicted octanol–water partition coefficient (Wildman–Crippen LogP) is 2.35. The normalized spacial score (nSPS) is 30.3. The summed E-state index contributed by atoms with van der Waals surface area (Å²) in [6.07, 6.45) is 1.55. The number of hydrogen-bond donors (Lipinski definition) is 2. The number of nitrogens with zero attached hydrogens (tertiary/aromatic N) is 2. The van der Waals surface area contributed by atoms with E-state index in [4.69, 9.17) is 23.7 Å². The second-order valence-corrected chi connectivity index (χ2v) is 14.3. The number of amides is 2. The number of esters is 2. The molecule has 2 amide bonds. The number of benzene rings is 1. The summed E-state index contributed by atoms with van der Waals surface area (Å²) in [5.41, 5.74) is -0.741. The van der Waals surface area contributed by atoms with Crippen molar-refractivity contribution in [3.8, 4) is 11.5 Å². The van der Waals surface area contributed by atoms with Gasteiger partial charge in [-0.15, -0.1) is 0 Å². The minimum absolute atomic E-state index is 0.153. The minimum atomic E-state index is -1.31. The van der Waals surface area contributed by atoms with Crippen LogP contribution < -0.4 is 14.8 Å². The van der Waals surface area contributed by atoms with E-state index in [2.05, 4.69) is 10.2 Å². The number of piperidine rings is 1. The molecule has 5 aliphatic rings. The van der Waals surface area contributed by atoms with Gasteiger partial charge in [0.05, 0.1) is 18.1 Å². The number of nitrogens with one attached hydrogen (secondary N) is 1. The van der Waals surface area contributed by atoms with Crippen LogP contribution in [-0.4, -0.2) is 108 Å². The number of likely N-dealkylation sites (tertiary alicyclic amines) is 2. The zero-order valence-corrected chi connectivity index (χ0v) is 28.1. The molecule has 1 aromatic carbocycles. The molecular weight excluding hydrogens is 610 g/mol. The lowest BCUT2D eigenvalue weighted by molar-refractivity contribution is -0.176. The van der Waals surface area contributed by atoms with E-state index in [0.29, 0.717) is 43.7 Å². The van der Waals surface area contributed by atoms with Gasteiger partial charge in [0.1, 0.15) is 23.4 Å². The Labute approximate surface area is 274 Å². The van der Waals surface area contributed by atoms with Crippen LogP contribution in [0.5, 0.6) is 11.5 Å². The van der Waals surface area contributed by atoms with Gasteiger partial charge in [-0.25, -0.2) is 14.4 Å². The molecular formula is C34H45N3O10. The van der Waals surface area contributed by atoms with E-state index in [1.165, 1.54) is 18.7 Å². The number of aliphatic hydroxyl groups is 1. The van der Waals surface area contributed by atoms with Gasteiger partial charge in [-0.1, -0.05) is 6.07 Å². The van der Waals surface area contributed by atoms with E-state index >= 15 is 0 Å². The van der Waals surface area contributed by atoms with Crippen molar-refractivity contribution in [3.63, 3.8) is 0 Å². The molecule has 2 fully saturated rings. The van der Waals surface area contributed by atoms with E-state index in [9.17, 15) is 24.3 Å². The average molecular weight is 656 g/mol. The Kier molecular flexibility index (Phi) is 8.23.